The van der Waals surface area contributed by atoms with E-state index >= 15 is 0 Å². The second-order valence-electron chi connectivity index (χ2n) is 5.01. The molecule has 0 aliphatic rings. The van der Waals surface area contributed by atoms with E-state index in [0.29, 0.717) is 0 Å². The summed E-state index contributed by atoms with van der Waals surface area (Å²) >= 11 is 0. The summed E-state index contributed by atoms with van der Waals surface area (Å²) < 4.78 is 26.3. The first-order chi connectivity index (χ1) is 11.0. The van der Waals surface area contributed by atoms with Crippen LogP contribution in [0.2, 0.25) is 0 Å². The summed E-state index contributed by atoms with van der Waals surface area (Å²) in [6, 6.07) is 10.9. The highest BCUT2D eigenvalue weighted by Gasteiger charge is 2.13. The molecule has 0 fully saturated rings. The molecule has 1 heterocycles. The summed E-state index contributed by atoms with van der Waals surface area (Å²) in [5.74, 6) is -0.574. The van der Waals surface area contributed by atoms with Gasteiger partial charge in [-0.2, -0.15) is 5.10 Å². The number of nitrogens with one attached hydrogen (secondary N) is 3. The molecular weight excluding hydrogens is 316 g/mol. The zero-order chi connectivity index (χ0) is 16.7. The van der Waals surface area contributed by atoms with Crippen LogP contribution in [0.15, 0.2) is 36.4 Å². The molecule has 0 aliphatic carbocycles. The maximum Gasteiger partial charge on any atom is 0.271 e. The largest absolute Gasteiger partial charge is 0.350 e. The quantitative estimate of drug-likeness (QED) is 0.664. The van der Waals surface area contributed by atoms with Gasteiger partial charge in [-0.1, -0.05) is 37.3 Å². The number of aromatic nitrogens is 2. The van der Waals surface area contributed by atoms with Crippen LogP contribution < -0.4 is 10.0 Å². The molecule has 3 N–H and O–H groups in total. The predicted molar refractivity (Wildman–Crippen MR) is 87.4 cm³/mol. The molecule has 8 heteroatoms. The summed E-state index contributed by atoms with van der Waals surface area (Å²) in [5.41, 5.74) is 1.99. The maximum atomic E-state index is 11.9. The molecule has 0 saturated carbocycles. The van der Waals surface area contributed by atoms with E-state index < -0.39 is 10.0 Å². The molecule has 1 amide bonds. The lowest BCUT2D eigenvalue weighted by molar-refractivity contribution is 0.0951. The van der Waals surface area contributed by atoms with Crippen molar-refractivity contribution in [2.75, 3.05) is 12.3 Å². The number of aryl methyl sites for hydroxylation is 1. The van der Waals surface area contributed by atoms with Gasteiger partial charge < -0.3 is 5.32 Å². The topological polar surface area (TPSA) is 104 Å². The molecule has 7 nitrogen and oxygen atoms in total. The molecule has 0 bridgehead atoms. The van der Waals surface area contributed by atoms with Crippen molar-refractivity contribution in [2.45, 2.75) is 19.9 Å². The summed E-state index contributed by atoms with van der Waals surface area (Å²) in [5, 5.41) is 9.17. The van der Waals surface area contributed by atoms with Crippen LogP contribution in [0.4, 0.5) is 0 Å². The number of rotatable bonds is 8. The fourth-order valence-corrected chi connectivity index (χ4v) is 2.81. The highest BCUT2D eigenvalue weighted by atomic mass is 32.2. The van der Waals surface area contributed by atoms with Gasteiger partial charge in [-0.3, -0.25) is 9.89 Å². The third-order valence-corrected chi connectivity index (χ3v) is 4.57. The van der Waals surface area contributed by atoms with Crippen LogP contribution in [0.3, 0.4) is 0 Å². The Morgan fingerprint density at radius 3 is 2.65 bits per heavy atom. The number of aromatic amines is 1. The Kier molecular flexibility index (Phi) is 5.89. The molecule has 2 rings (SSSR count). The monoisotopic (exact) mass is 336 g/mol. The van der Waals surface area contributed by atoms with E-state index in [4.69, 9.17) is 0 Å². The fraction of sp³-hybridized carbons (Fsp3) is 0.333. The molecule has 0 aliphatic heterocycles. The molecule has 2 aromatic rings. The molecule has 0 unspecified atom stereocenters. The number of carbonyl (C=O) groups excluding carboxylic acids is 1. The summed E-state index contributed by atoms with van der Waals surface area (Å²) in [7, 11) is -3.45. The van der Waals surface area contributed by atoms with Gasteiger partial charge in [0.25, 0.3) is 5.91 Å². The Hall–Kier alpha value is -2.19. The number of amides is 1. The maximum absolute atomic E-state index is 11.9. The smallest absolute Gasteiger partial charge is 0.271 e. The first-order valence-electron chi connectivity index (χ1n) is 7.34. The van der Waals surface area contributed by atoms with Gasteiger partial charge in [0, 0.05) is 18.8 Å². The van der Waals surface area contributed by atoms with Crippen LogP contribution in [0.5, 0.6) is 0 Å². The Morgan fingerprint density at radius 2 is 2.00 bits per heavy atom. The standard InChI is InChI=1S/C15H20N4O3S/c1-2-13-10-14(19-18-13)15(20)16-8-9-23(21,22)17-11-12-6-4-3-5-7-12/h3-7,10,17H,2,8-9,11H2,1H3,(H,16,20)(H,18,19). The average molecular weight is 336 g/mol. The molecule has 0 atom stereocenters. The SMILES string of the molecule is CCc1cc(C(=O)NCCS(=O)(=O)NCc2ccccc2)n[nH]1. The first-order valence-corrected chi connectivity index (χ1v) is 8.99. The van der Waals surface area contributed by atoms with E-state index in [0.717, 1.165) is 17.7 Å². The van der Waals surface area contributed by atoms with Crippen LogP contribution in [-0.2, 0) is 23.0 Å². The predicted octanol–water partition coefficient (Wildman–Crippen LogP) is 0.821. The summed E-state index contributed by atoms with van der Waals surface area (Å²) in [6.07, 6.45) is 0.748. The van der Waals surface area contributed by atoms with Crippen molar-refractivity contribution >= 4 is 15.9 Å². The van der Waals surface area contributed by atoms with Crippen molar-refractivity contribution in [1.29, 1.82) is 0 Å². The second kappa shape index (κ2) is 7.89. The number of nitrogens with zero attached hydrogens (tertiary/aromatic N) is 1. The lowest BCUT2D eigenvalue weighted by Gasteiger charge is -2.07. The van der Waals surface area contributed by atoms with Crippen LogP contribution in [0.25, 0.3) is 0 Å². The minimum Gasteiger partial charge on any atom is -0.350 e. The van der Waals surface area contributed by atoms with E-state index in [1.54, 1.807) is 6.07 Å². The van der Waals surface area contributed by atoms with E-state index in [9.17, 15) is 13.2 Å². The molecule has 124 valence electrons. The van der Waals surface area contributed by atoms with Crippen molar-refractivity contribution in [3.05, 3.63) is 53.3 Å². The number of H-pyrrole nitrogens is 1. The van der Waals surface area contributed by atoms with Crippen LogP contribution in [0.1, 0.15) is 28.7 Å². The Morgan fingerprint density at radius 1 is 1.26 bits per heavy atom. The minimum absolute atomic E-state index is 0.0251. The number of sulfonamides is 1. The highest BCUT2D eigenvalue weighted by Crippen LogP contribution is 2.00. The molecule has 1 aromatic heterocycles. The molecular formula is C15H20N4O3S. The van der Waals surface area contributed by atoms with Gasteiger partial charge in [-0.15, -0.1) is 0 Å². The van der Waals surface area contributed by atoms with Crippen molar-refractivity contribution in [2.24, 2.45) is 0 Å². The zero-order valence-electron chi connectivity index (χ0n) is 12.9. The van der Waals surface area contributed by atoms with Gasteiger partial charge in [0.15, 0.2) is 0 Å². The summed E-state index contributed by atoms with van der Waals surface area (Å²) in [6.45, 7) is 2.20. The zero-order valence-corrected chi connectivity index (χ0v) is 13.7. The van der Waals surface area contributed by atoms with Crippen LogP contribution >= 0.6 is 0 Å². The van der Waals surface area contributed by atoms with Crippen molar-refractivity contribution in [3.8, 4) is 0 Å². The van der Waals surface area contributed by atoms with E-state index in [-0.39, 0.29) is 30.4 Å². The van der Waals surface area contributed by atoms with E-state index in [1.165, 1.54) is 0 Å². The number of hydrogen-bond acceptors (Lipinski definition) is 4. The van der Waals surface area contributed by atoms with Crippen LogP contribution in [0, 0.1) is 0 Å². The van der Waals surface area contributed by atoms with Gasteiger partial charge in [0.05, 0.1) is 5.75 Å². The van der Waals surface area contributed by atoms with E-state index in [1.807, 2.05) is 37.3 Å². The van der Waals surface area contributed by atoms with Crippen molar-refractivity contribution in [1.82, 2.24) is 20.2 Å². The van der Waals surface area contributed by atoms with E-state index in [2.05, 4.69) is 20.2 Å². The fourth-order valence-electron chi connectivity index (χ4n) is 1.91. The highest BCUT2D eigenvalue weighted by molar-refractivity contribution is 7.89. The number of benzene rings is 1. The van der Waals surface area contributed by atoms with Gasteiger partial charge in [-0.05, 0) is 18.1 Å². The lowest BCUT2D eigenvalue weighted by Crippen LogP contribution is -2.34. The van der Waals surface area contributed by atoms with Gasteiger partial charge in [0.2, 0.25) is 10.0 Å². The molecule has 23 heavy (non-hydrogen) atoms. The van der Waals surface area contributed by atoms with Gasteiger partial charge in [0.1, 0.15) is 5.69 Å². The Balaban J connectivity index is 1.77. The molecule has 0 radical (unpaired) electrons. The van der Waals surface area contributed by atoms with Gasteiger partial charge in [-0.25, -0.2) is 13.1 Å². The normalized spacial score (nSPS) is 11.3. The third-order valence-electron chi connectivity index (χ3n) is 3.24. The van der Waals surface area contributed by atoms with Crippen molar-refractivity contribution < 1.29 is 13.2 Å². The van der Waals surface area contributed by atoms with Crippen molar-refractivity contribution in [3.63, 3.8) is 0 Å². The van der Waals surface area contributed by atoms with Gasteiger partial charge >= 0.3 is 0 Å². The molecule has 1 aromatic carbocycles. The average Bonchev–Trinajstić information content (AvgIpc) is 3.03. The minimum atomic E-state index is -3.45. The number of carbonyl (C=O) groups is 1. The lowest BCUT2D eigenvalue weighted by atomic mass is 10.2. The third kappa shape index (κ3) is 5.50. The number of hydrogen-bond donors (Lipinski definition) is 3. The first kappa shape index (κ1) is 17.2. The Bertz CT molecular complexity index is 741. The summed E-state index contributed by atoms with van der Waals surface area (Å²) in [4.78, 5) is 11.8. The Labute approximate surface area is 135 Å². The van der Waals surface area contributed by atoms with Crippen LogP contribution in [-0.4, -0.2) is 36.8 Å². The second-order valence-corrected chi connectivity index (χ2v) is 6.94. The molecule has 0 spiro atoms. The molecule has 0 saturated heterocycles.